The minimum absolute atomic E-state index is 0.0857. The number of fused-ring (bicyclic) bond motifs is 1. The number of aromatic nitrogens is 1. The quantitative estimate of drug-likeness (QED) is 0.769. The molecule has 0 amide bonds. The number of ketones is 1. The molecule has 0 saturated heterocycles. The van der Waals surface area contributed by atoms with Crippen molar-refractivity contribution in [3.63, 3.8) is 0 Å². The maximum Gasteiger partial charge on any atom is 0.168 e. The lowest BCUT2D eigenvalue weighted by Gasteiger charge is -2.23. The van der Waals surface area contributed by atoms with Crippen LogP contribution in [0.4, 0.5) is 4.39 Å². The summed E-state index contributed by atoms with van der Waals surface area (Å²) >= 11 is 0. The fraction of sp³-hybridized carbons (Fsp3) is 0.308. The molecule has 1 aliphatic carbocycles. The number of halogens is 1. The lowest BCUT2D eigenvalue weighted by atomic mass is 9.80. The monoisotopic (exact) mass is 217 g/mol. The van der Waals surface area contributed by atoms with E-state index >= 15 is 0 Å². The molecular formula is C13H12FNO. The van der Waals surface area contributed by atoms with Crippen molar-refractivity contribution >= 4 is 16.7 Å². The number of Topliss-reactive ketones (excluding diaryl/α,β-unsaturated/α-hetero) is 1. The van der Waals surface area contributed by atoms with Gasteiger partial charge in [0.05, 0.1) is 0 Å². The van der Waals surface area contributed by atoms with Crippen LogP contribution in [0, 0.1) is 11.7 Å². The van der Waals surface area contributed by atoms with E-state index < -0.39 is 0 Å². The first-order valence-corrected chi connectivity index (χ1v) is 5.57. The number of rotatable bonds is 2. The summed E-state index contributed by atoms with van der Waals surface area (Å²) in [7, 11) is 0. The van der Waals surface area contributed by atoms with Crippen molar-refractivity contribution in [2.75, 3.05) is 0 Å². The van der Waals surface area contributed by atoms with E-state index in [9.17, 15) is 9.18 Å². The van der Waals surface area contributed by atoms with Crippen molar-refractivity contribution in [3.05, 3.63) is 35.8 Å². The summed E-state index contributed by atoms with van der Waals surface area (Å²) in [6, 6.07) is 4.83. The van der Waals surface area contributed by atoms with Gasteiger partial charge in [0.2, 0.25) is 0 Å². The third kappa shape index (κ3) is 1.28. The van der Waals surface area contributed by atoms with Crippen LogP contribution in [0.25, 0.3) is 10.9 Å². The van der Waals surface area contributed by atoms with Crippen LogP contribution in [0.15, 0.2) is 24.4 Å². The molecule has 1 fully saturated rings. The van der Waals surface area contributed by atoms with Gasteiger partial charge in [0.1, 0.15) is 5.82 Å². The van der Waals surface area contributed by atoms with Crippen molar-refractivity contribution < 1.29 is 9.18 Å². The largest absolute Gasteiger partial charge is 0.360 e. The first-order chi connectivity index (χ1) is 7.77. The predicted octanol–water partition coefficient (Wildman–Crippen LogP) is 3.29. The van der Waals surface area contributed by atoms with E-state index in [1.54, 1.807) is 18.3 Å². The van der Waals surface area contributed by atoms with Crippen molar-refractivity contribution in [3.8, 4) is 0 Å². The zero-order chi connectivity index (χ0) is 11.1. The Morgan fingerprint density at radius 2 is 2.19 bits per heavy atom. The molecule has 0 aliphatic heterocycles. The molecule has 1 aromatic carbocycles. The molecule has 1 aromatic heterocycles. The van der Waals surface area contributed by atoms with Crippen molar-refractivity contribution in [2.24, 2.45) is 5.92 Å². The van der Waals surface area contributed by atoms with Crippen LogP contribution in [0.2, 0.25) is 0 Å². The van der Waals surface area contributed by atoms with Gasteiger partial charge in [-0.2, -0.15) is 0 Å². The Kier molecular flexibility index (Phi) is 2.06. The Morgan fingerprint density at radius 3 is 2.88 bits per heavy atom. The highest BCUT2D eigenvalue weighted by Gasteiger charge is 2.28. The van der Waals surface area contributed by atoms with Gasteiger partial charge in [0.15, 0.2) is 5.78 Å². The maximum absolute atomic E-state index is 13.7. The van der Waals surface area contributed by atoms with E-state index in [1.165, 1.54) is 6.07 Å². The van der Waals surface area contributed by atoms with Crippen LogP contribution in [-0.4, -0.2) is 10.8 Å². The molecule has 0 unspecified atom stereocenters. The SMILES string of the molecule is O=C(c1c[nH]c2cccc(F)c12)C1CCC1. The molecule has 1 aliphatic rings. The number of aromatic amines is 1. The molecule has 1 saturated carbocycles. The van der Waals surface area contributed by atoms with Crippen LogP contribution >= 0.6 is 0 Å². The molecule has 0 spiro atoms. The molecule has 3 heteroatoms. The van der Waals surface area contributed by atoms with Crippen LogP contribution in [0.5, 0.6) is 0 Å². The average molecular weight is 217 g/mol. The van der Waals surface area contributed by atoms with Gasteiger partial charge >= 0.3 is 0 Å². The molecular weight excluding hydrogens is 205 g/mol. The van der Waals surface area contributed by atoms with Gasteiger partial charge in [-0.3, -0.25) is 4.79 Å². The number of benzene rings is 1. The summed E-state index contributed by atoms with van der Waals surface area (Å²) in [5, 5.41) is 0.444. The highest BCUT2D eigenvalue weighted by atomic mass is 19.1. The fourth-order valence-corrected chi connectivity index (χ4v) is 2.22. The van der Waals surface area contributed by atoms with Gasteiger partial charge in [-0.25, -0.2) is 4.39 Å². The van der Waals surface area contributed by atoms with Gasteiger partial charge in [0.25, 0.3) is 0 Å². The molecule has 16 heavy (non-hydrogen) atoms. The van der Waals surface area contributed by atoms with Gasteiger partial charge in [0, 0.05) is 28.6 Å². The summed E-state index contributed by atoms with van der Waals surface area (Å²) in [6.45, 7) is 0. The molecule has 3 rings (SSSR count). The number of carbonyl (C=O) groups excluding carboxylic acids is 1. The molecule has 2 aromatic rings. The highest BCUT2D eigenvalue weighted by Crippen LogP contribution is 2.32. The number of hydrogen-bond acceptors (Lipinski definition) is 1. The zero-order valence-corrected chi connectivity index (χ0v) is 8.79. The second-order valence-corrected chi connectivity index (χ2v) is 4.36. The molecule has 0 radical (unpaired) electrons. The van der Waals surface area contributed by atoms with Gasteiger partial charge in [-0.15, -0.1) is 0 Å². The summed E-state index contributed by atoms with van der Waals surface area (Å²) in [5.74, 6) is -0.123. The number of H-pyrrole nitrogens is 1. The predicted molar refractivity (Wildman–Crippen MR) is 59.9 cm³/mol. The molecule has 1 N–H and O–H groups in total. The second kappa shape index (κ2) is 3.44. The van der Waals surface area contributed by atoms with Crippen molar-refractivity contribution in [1.29, 1.82) is 0 Å². The van der Waals surface area contributed by atoms with Crippen LogP contribution in [0.1, 0.15) is 29.6 Å². The third-order valence-electron chi connectivity index (χ3n) is 3.40. The van der Waals surface area contributed by atoms with Gasteiger partial charge in [-0.05, 0) is 25.0 Å². The van der Waals surface area contributed by atoms with Crippen LogP contribution in [0.3, 0.4) is 0 Å². The minimum atomic E-state index is -0.318. The summed E-state index contributed by atoms with van der Waals surface area (Å²) < 4.78 is 13.7. The van der Waals surface area contributed by atoms with Gasteiger partial charge in [-0.1, -0.05) is 12.5 Å². The average Bonchev–Trinajstić information content (AvgIpc) is 2.60. The first kappa shape index (κ1) is 9.58. The summed E-state index contributed by atoms with van der Waals surface area (Å²) in [5.41, 5.74) is 1.21. The molecule has 1 heterocycles. The maximum atomic E-state index is 13.7. The van der Waals surface area contributed by atoms with Crippen LogP contribution < -0.4 is 0 Å². The van der Waals surface area contributed by atoms with Gasteiger partial charge < -0.3 is 4.98 Å². The van der Waals surface area contributed by atoms with Crippen LogP contribution in [-0.2, 0) is 0 Å². The summed E-state index contributed by atoms with van der Waals surface area (Å²) in [6.07, 6.45) is 4.63. The molecule has 82 valence electrons. The zero-order valence-electron chi connectivity index (χ0n) is 8.79. The Balaban J connectivity index is 2.12. The minimum Gasteiger partial charge on any atom is -0.360 e. The second-order valence-electron chi connectivity index (χ2n) is 4.36. The van der Waals surface area contributed by atoms with Crippen molar-refractivity contribution in [1.82, 2.24) is 4.98 Å². The lowest BCUT2D eigenvalue weighted by molar-refractivity contribution is 0.0857. The van der Waals surface area contributed by atoms with E-state index in [4.69, 9.17) is 0 Å². The standard InChI is InChI=1S/C13H12FNO/c14-10-5-2-6-11-12(10)9(7-15-11)13(16)8-3-1-4-8/h2,5-8,15H,1,3-4H2. The first-order valence-electron chi connectivity index (χ1n) is 5.57. The van der Waals surface area contributed by atoms with E-state index in [1.807, 2.05) is 0 Å². The molecule has 2 nitrogen and oxygen atoms in total. The van der Waals surface area contributed by atoms with Crippen molar-refractivity contribution in [2.45, 2.75) is 19.3 Å². The summed E-state index contributed by atoms with van der Waals surface area (Å²) in [4.78, 5) is 15.0. The Bertz CT molecular complexity index is 554. The molecule has 0 atom stereocenters. The topological polar surface area (TPSA) is 32.9 Å². The van der Waals surface area contributed by atoms with E-state index in [2.05, 4.69) is 4.98 Å². The Morgan fingerprint density at radius 1 is 1.38 bits per heavy atom. The molecule has 0 bridgehead atoms. The number of hydrogen-bond donors (Lipinski definition) is 1. The Labute approximate surface area is 92.5 Å². The number of nitrogens with one attached hydrogen (secondary N) is 1. The number of carbonyl (C=O) groups is 1. The Hall–Kier alpha value is -1.64. The van der Waals surface area contributed by atoms with E-state index in [0.717, 1.165) is 19.3 Å². The highest BCUT2D eigenvalue weighted by molar-refractivity contribution is 6.09. The lowest BCUT2D eigenvalue weighted by Crippen LogP contribution is -2.21. The van der Waals surface area contributed by atoms with E-state index in [0.29, 0.717) is 16.5 Å². The smallest absolute Gasteiger partial charge is 0.168 e. The normalized spacial score (nSPS) is 16.3. The van der Waals surface area contributed by atoms with E-state index in [-0.39, 0.29) is 17.5 Å². The fourth-order valence-electron chi connectivity index (χ4n) is 2.22. The third-order valence-corrected chi connectivity index (χ3v) is 3.40.